The molecule has 0 atom stereocenters. The first kappa shape index (κ1) is 11.3. The minimum Gasteiger partial charge on any atom is -0.490 e. The zero-order chi connectivity index (χ0) is 11.3. The van der Waals surface area contributed by atoms with Crippen LogP contribution >= 0.6 is 0 Å². The molecule has 0 unspecified atom stereocenters. The number of rotatable bonds is 5. The Labute approximate surface area is 86.6 Å². The highest BCUT2D eigenvalue weighted by atomic mass is 16.6. The van der Waals surface area contributed by atoms with Crippen molar-refractivity contribution in [2.45, 2.75) is 0 Å². The van der Waals surface area contributed by atoms with E-state index < -0.39 is 4.92 Å². The molecule has 0 aliphatic carbocycles. The number of nitro groups is 1. The van der Waals surface area contributed by atoms with Crippen molar-refractivity contribution in [1.82, 2.24) is 0 Å². The van der Waals surface area contributed by atoms with Gasteiger partial charge < -0.3 is 15.2 Å². The van der Waals surface area contributed by atoms with Gasteiger partial charge in [0.1, 0.15) is 0 Å². The zero-order valence-corrected chi connectivity index (χ0v) is 8.27. The molecule has 0 aromatic heterocycles. The first-order chi connectivity index (χ1) is 7.19. The molecule has 0 radical (unpaired) electrons. The van der Waals surface area contributed by atoms with Gasteiger partial charge in [0.2, 0.25) is 0 Å². The van der Waals surface area contributed by atoms with E-state index in [-0.39, 0.29) is 18.0 Å². The first-order valence-electron chi connectivity index (χ1n) is 4.36. The Morgan fingerprint density at radius 1 is 1.60 bits per heavy atom. The second-order valence-electron chi connectivity index (χ2n) is 2.79. The van der Waals surface area contributed by atoms with E-state index in [4.69, 9.17) is 9.84 Å². The van der Waals surface area contributed by atoms with Crippen molar-refractivity contribution < 1.29 is 14.8 Å². The van der Waals surface area contributed by atoms with Crippen LogP contribution in [0.15, 0.2) is 18.2 Å². The van der Waals surface area contributed by atoms with Crippen molar-refractivity contribution in [2.24, 2.45) is 0 Å². The number of hydrogen-bond donors (Lipinski definition) is 2. The number of hydrogen-bond acceptors (Lipinski definition) is 5. The Bertz CT molecular complexity index is 354. The number of nitrogens with one attached hydrogen (secondary N) is 1. The van der Waals surface area contributed by atoms with E-state index in [9.17, 15) is 10.1 Å². The summed E-state index contributed by atoms with van der Waals surface area (Å²) in [7, 11) is 1.37. The van der Waals surface area contributed by atoms with E-state index >= 15 is 0 Å². The van der Waals surface area contributed by atoms with Crippen LogP contribution in [0.1, 0.15) is 0 Å². The average molecular weight is 212 g/mol. The number of methoxy groups -OCH3 is 1. The van der Waals surface area contributed by atoms with Crippen LogP contribution in [0.4, 0.5) is 11.4 Å². The minimum absolute atomic E-state index is 0.000691. The molecule has 82 valence electrons. The molecule has 0 saturated carbocycles. The van der Waals surface area contributed by atoms with Gasteiger partial charge >= 0.3 is 5.69 Å². The number of nitro benzene ring substituents is 1. The van der Waals surface area contributed by atoms with Crippen LogP contribution in [-0.2, 0) is 0 Å². The zero-order valence-electron chi connectivity index (χ0n) is 8.27. The summed E-state index contributed by atoms with van der Waals surface area (Å²) < 4.78 is 4.88. The molecule has 0 amide bonds. The number of anilines is 1. The molecule has 0 heterocycles. The highest BCUT2D eigenvalue weighted by Crippen LogP contribution is 2.29. The third-order valence-corrected chi connectivity index (χ3v) is 1.82. The summed E-state index contributed by atoms with van der Waals surface area (Å²) in [5.74, 6) is 0.197. The van der Waals surface area contributed by atoms with Crippen molar-refractivity contribution in [3.05, 3.63) is 28.3 Å². The van der Waals surface area contributed by atoms with Gasteiger partial charge in [-0.05, 0) is 6.07 Å². The summed E-state index contributed by atoms with van der Waals surface area (Å²) in [6.45, 7) is 0.389. The molecule has 0 aliphatic rings. The van der Waals surface area contributed by atoms with E-state index in [0.717, 1.165) is 0 Å². The molecular weight excluding hydrogens is 200 g/mol. The topological polar surface area (TPSA) is 84.6 Å². The van der Waals surface area contributed by atoms with Gasteiger partial charge in [0.25, 0.3) is 0 Å². The van der Waals surface area contributed by atoms with Crippen molar-refractivity contribution in [3.8, 4) is 5.75 Å². The van der Waals surface area contributed by atoms with Crippen LogP contribution < -0.4 is 10.1 Å². The van der Waals surface area contributed by atoms with Crippen LogP contribution in [0.3, 0.4) is 0 Å². The molecule has 1 aromatic rings. The van der Waals surface area contributed by atoms with Crippen molar-refractivity contribution >= 4 is 11.4 Å². The normalized spacial score (nSPS) is 9.73. The molecule has 1 rings (SSSR count). The molecule has 0 saturated heterocycles. The molecular formula is C9H12N2O4. The van der Waals surface area contributed by atoms with Crippen LogP contribution in [0.5, 0.6) is 5.75 Å². The lowest BCUT2D eigenvalue weighted by Crippen LogP contribution is -2.05. The van der Waals surface area contributed by atoms with E-state index in [1.807, 2.05) is 0 Å². The van der Waals surface area contributed by atoms with E-state index in [1.165, 1.54) is 19.2 Å². The molecule has 0 spiro atoms. The Balaban J connectivity index is 2.92. The van der Waals surface area contributed by atoms with Gasteiger partial charge in [-0.15, -0.1) is 0 Å². The minimum atomic E-state index is -0.505. The largest absolute Gasteiger partial charge is 0.490 e. The maximum atomic E-state index is 10.6. The average Bonchev–Trinajstić information content (AvgIpc) is 2.25. The fraction of sp³-hybridized carbons (Fsp3) is 0.333. The van der Waals surface area contributed by atoms with Gasteiger partial charge in [0.05, 0.1) is 18.6 Å². The van der Waals surface area contributed by atoms with Gasteiger partial charge in [-0.2, -0.15) is 0 Å². The summed E-state index contributed by atoms with van der Waals surface area (Å²) >= 11 is 0. The lowest BCUT2D eigenvalue weighted by Gasteiger charge is -2.06. The van der Waals surface area contributed by atoms with Gasteiger partial charge in [0.15, 0.2) is 5.75 Å². The maximum absolute atomic E-state index is 10.6. The molecule has 6 nitrogen and oxygen atoms in total. The summed E-state index contributed by atoms with van der Waals surface area (Å²) in [5.41, 5.74) is 0.596. The summed E-state index contributed by atoms with van der Waals surface area (Å²) in [6.07, 6.45) is 0. The molecule has 2 N–H and O–H groups in total. The Hall–Kier alpha value is -1.82. The summed E-state index contributed by atoms with van der Waals surface area (Å²) in [6, 6.07) is 4.45. The van der Waals surface area contributed by atoms with Gasteiger partial charge in [-0.1, -0.05) is 0 Å². The van der Waals surface area contributed by atoms with Crippen molar-refractivity contribution in [2.75, 3.05) is 25.6 Å². The van der Waals surface area contributed by atoms with E-state index in [2.05, 4.69) is 5.32 Å². The number of ether oxygens (including phenoxy) is 1. The number of aliphatic hydroxyl groups is 1. The van der Waals surface area contributed by atoms with Crippen LogP contribution in [0.25, 0.3) is 0 Å². The molecule has 15 heavy (non-hydrogen) atoms. The maximum Gasteiger partial charge on any atom is 0.311 e. The van der Waals surface area contributed by atoms with Crippen LogP contribution in [0.2, 0.25) is 0 Å². The van der Waals surface area contributed by atoms with Crippen molar-refractivity contribution in [1.29, 1.82) is 0 Å². The van der Waals surface area contributed by atoms with Crippen LogP contribution in [0, 0.1) is 10.1 Å². The lowest BCUT2D eigenvalue weighted by molar-refractivity contribution is -0.385. The van der Waals surface area contributed by atoms with Gasteiger partial charge in [-0.25, -0.2) is 0 Å². The number of benzene rings is 1. The van der Waals surface area contributed by atoms with Gasteiger partial charge in [-0.3, -0.25) is 10.1 Å². The molecule has 1 aromatic carbocycles. The summed E-state index contributed by atoms with van der Waals surface area (Å²) in [5, 5.41) is 22.0. The Morgan fingerprint density at radius 2 is 2.33 bits per heavy atom. The predicted octanol–water partition coefficient (Wildman–Crippen LogP) is 1.01. The predicted molar refractivity (Wildman–Crippen MR) is 55.2 cm³/mol. The number of aliphatic hydroxyl groups excluding tert-OH is 1. The molecule has 0 aliphatic heterocycles. The lowest BCUT2D eigenvalue weighted by atomic mass is 10.2. The SMILES string of the molecule is COc1cc(NCCO)ccc1[N+](=O)[O-]. The first-order valence-corrected chi connectivity index (χ1v) is 4.36. The Kier molecular flexibility index (Phi) is 3.87. The molecule has 0 bridgehead atoms. The highest BCUT2D eigenvalue weighted by Gasteiger charge is 2.14. The standard InChI is InChI=1S/C9H12N2O4/c1-15-9-6-7(10-4-5-12)2-3-8(9)11(13)14/h2-3,6,10,12H,4-5H2,1H3. The fourth-order valence-corrected chi connectivity index (χ4v) is 1.14. The third kappa shape index (κ3) is 2.81. The smallest absolute Gasteiger partial charge is 0.311 e. The molecule has 0 fully saturated rings. The van der Waals surface area contributed by atoms with Crippen LogP contribution in [-0.4, -0.2) is 30.3 Å². The monoisotopic (exact) mass is 212 g/mol. The highest BCUT2D eigenvalue weighted by molar-refractivity contribution is 5.57. The fourth-order valence-electron chi connectivity index (χ4n) is 1.14. The third-order valence-electron chi connectivity index (χ3n) is 1.82. The van der Waals surface area contributed by atoms with E-state index in [0.29, 0.717) is 12.2 Å². The van der Waals surface area contributed by atoms with Crippen molar-refractivity contribution in [3.63, 3.8) is 0 Å². The quantitative estimate of drug-likeness (QED) is 0.562. The summed E-state index contributed by atoms with van der Waals surface area (Å²) in [4.78, 5) is 10.1. The second kappa shape index (κ2) is 5.16. The van der Waals surface area contributed by atoms with E-state index in [1.54, 1.807) is 6.07 Å². The number of nitrogens with zero attached hydrogens (tertiary/aromatic N) is 1. The molecule has 6 heteroatoms. The van der Waals surface area contributed by atoms with Gasteiger partial charge in [0, 0.05) is 24.4 Å². The Morgan fingerprint density at radius 3 is 2.87 bits per heavy atom. The second-order valence-corrected chi connectivity index (χ2v) is 2.79.